The van der Waals surface area contributed by atoms with E-state index in [-0.39, 0.29) is 0 Å². The maximum Gasteiger partial charge on any atom is 0.412 e. The van der Waals surface area contributed by atoms with Gasteiger partial charge in [-0.05, 0) is 33.2 Å². The van der Waals surface area contributed by atoms with Crippen LogP contribution in [0.2, 0.25) is 0 Å². The number of amides is 1. The molecule has 1 fully saturated rings. The predicted octanol–water partition coefficient (Wildman–Crippen LogP) is 0.781. The first-order valence-corrected chi connectivity index (χ1v) is 5.68. The SMILES string of the molecule is CC1CNCC(O)N(C(=O)OC(C)(C)C)C1. The lowest BCUT2D eigenvalue weighted by Crippen LogP contribution is -2.46. The summed E-state index contributed by atoms with van der Waals surface area (Å²) in [7, 11) is 0. The molecule has 0 aromatic rings. The molecular weight excluding hydrogens is 208 g/mol. The number of carbonyl (C=O) groups excluding carboxylic acids is 1. The number of hydrogen-bond donors (Lipinski definition) is 2. The van der Waals surface area contributed by atoms with Crippen molar-refractivity contribution in [2.75, 3.05) is 19.6 Å². The molecule has 1 rings (SSSR count). The first kappa shape index (κ1) is 13.3. The zero-order valence-electron chi connectivity index (χ0n) is 10.5. The zero-order chi connectivity index (χ0) is 12.3. The lowest BCUT2D eigenvalue weighted by molar-refractivity contribution is -0.0274. The van der Waals surface area contributed by atoms with Crippen LogP contribution >= 0.6 is 0 Å². The summed E-state index contributed by atoms with van der Waals surface area (Å²) in [6.45, 7) is 9.19. The highest BCUT2D eigenvalue weighted by Crippen LogP contribution is 2.14. The largest absolute Gasteiger partial charge is 0.444 e. The second-order valence-corrected chi connectivity index (χ2v) is 5.38. The van der Waals surface area contributed by atoms with Gasteiger partial charge in [0.15, 0.2) is 0 Å². The minimum Gasteiger partial charge on any atom is -0.444 e. The topological polar surface area (TPSA) is 61.8 Å². The highest BCUT2D eigenvalue weighted by atomic mass is 16.6. The van der Waals surface area contributed by atoms with Gasteiger partial charge in [-0.15, -0.1) is 0 Å². The number of nitrogens with one attached hydrogen (secondary N) is 1. The molecule has 0 aromatic carbocycles. The second-order valence-electron chi connectivity index (χ2n) is 5.38. The molecule has 94 valence electrons. The monoisotopic (exact) mass is 230 g/mol. The van der Waals surface area contributed by atoms with Crippen molar-refractivity contribution in [1.29, 1.82) is 0 Å². The molecule has 0 spiro atoms. The molecule has 5 heteroatoms. The van der Waals surface area contributed by atoms with Crippen LogP contribution in [0.3, 0.4) is 0 Å². The van der Waals surface area contributed by atoms with E-state index in [0.717, 1.165) is 6.54 Å². The molecule has 0 aliphatic carbocycles. The van der Waals surface area contributed by atoms with Gasteiger partial charge in [-0.3, -0.25) is 4.90 Å². The molecule has 16 heavy (non-hydrogen) atoms. The van der Waals surface area contributed by atoms with Crippen molar-refractivity contribution in [3.63, 3.8) is 0 Å². The Labute approximate surface area is 96.8 Å². The van der Waals surface area contributed by atoms with E-state index in [2.05, 4.69) is 5.32 Å². The van der Waals surface area contributed by atoms with Crippen LogP contribution in [0.1, 0.15) is 27.7 Å². The summed E-state index contributed by atoms with van der Waals surface area (Å²) in [4.78, 5) is 13.2. The Morgan fingerprint density at radius 2 is 2.06 bits per heavy atom. The van der Waals surface area contributed by atoms with Crippen LogP contribution in [0.5, 0.6) is 0 Å². The molecule has 2 unspecified atom stereocenters. The third kappa shape index (κ3) is 3.98. The molecule has 5 nitrogen and oxygen atoms in total. The molecule has 1 aliphatic rings. The van der Waals surface area contributed by atoms with Gasteiger partial charge in [0, 0.05) is 13.1 Å². The van der Waals surface area contributed by atoms with E-state index >= 15 is 0 Å². The summed E-state index contributed by atoms with van der Waals surface area (Å²) in [5.74, 6) is 0.310. The highest BCUT2D eigenvalue weighted by molar-refractivity contribution is 5.68. The number of carbonyl (C=O) groups is 1. The van der Waals surface area contributed by atoms with Gasteiger partial charge in [-0.25, -0.2) is 4.79 Å². The van der Waals surface area contributed by atoms with Crippen molar-refractivity contribution in [2.45, 2.75) is 39.5 Å². The average molecular weight is 230 g/mol. The maximum atomic E-state index is 11.8. The lowest BCUT2D eigenvalue weighted by atomic mass is 10.2. The van der Waals surface area contributed by atoms with E-state index in [1.807, 2.05) is 27.7 Å². The Bertz CT molecular complexity index is 250. The molecular formula is C11H22N2O3. The van der Waals surface area contributed by atoms with Crippen molar-refractivity contribution >= 4 is 6.09 Å². The summed E-state index contributed by atoms with van der Waals surface area (Å²) in [6, 6.07) is 0. The van der Waals surface area contributed by atoms with E-state index < -0.39 is 17.9 Å². The molecule has 0 bridgehead atoms. The van der Waals surface area contributed by atoms with Crippen LogP contribution in [-0.2, 0) is 4.74 Å². The van der Waals surface area contributed by atoms with Crippen LogP contribution < -0.4 is 5.32 Å². The number of aliphatic hydroxyl groups excluding tert-OH is 1. The van der Waals surface area contributed by atoms with Crippen LogP contribution in [0.15, 0.2) is 0 Å². The van der Waals surface area contributed by atoms with Gasteiger partial charge in [-0.1, -0.05) is 6.92 Å². The summed E-state index contributed by atoms with van der Waals surface area (Å²) < 4.78 is 5.25. The standard InChI is InChI=1S/C11H22N2O3/c1-8-5-12-6-9(14)13(7-8)10(15)16-11(2,3)4/h8-9,12,14H,5-7H2,1-4H3. The molecule has 1 amide bonds. The van der Waals surface area contributed by atoms with Crippen molar-refractivity contribution in [3.8, 4) is 0 Å². The molecule has 1 saturated heterocycles. The summed E-state index contributed by atoms with van der Waals surface area (Å²) in [5.41, 5.74) is -0.528. The number of nitrogens with zero attached hydrogens (tertiary/aromatic N) is 1. The van der Waals surface area contributed by atoms with Crippen LogP contribution in [-0.4, -0.2) is 47.6 Å². The fourth-order valence-corrected chi connectivity index (χ4v) is 1.61. The number of ether oxygens (including phenoxy) is 1. The molecule has 0 radical (unpaired) electrons. The van der Waals surface area contributed by atoms with Gasteiger partial charge in [0.1, 0.15) is 11.8 Å². The van der Waals surface area contributed by atoms with Gasteiger partial charge in [0.05, 0.1) is 0 Å². The van der Waals surface area contributed by atoms with Crippen molar-refractivity contribution in [3.05, 3.63) is 0 Å². The number of hydrogen-bond acceptors (Lipinski definition) is 4. The number of aliphatic hydroxyl groups is 1. The number of β-amino-alcohol motifs (C(OH)–C–C–N with tert-alkyl or cyclic N) is 1. The van der Waals surface area contributed by atoms with Crippen LogP contribution in [0.4, 0.5) is 4.79 Å². The molecule has 2 atom stereocenters. The smallest absolute Gasteiger partial charge is 0.412 e. The fourth-order valence-electron chi connectivity index (χ4n) is 1.61. The Kier molecular flexibility index (Phi) is 4.15. The van der Waals surface area contributed by atoms with Crippen molar-refractivity contribution in [1.82, 2.24) is 10.2 Å². The normalized spacial score (nSPS) is 27.4. The molecule has 1 heterocycles. The zero-order valence-corrected chi connectivity index (χ0v) is 10.5. The minimum atomic E-state index is -0.806. The first-order chi connectivity index (χ1) is 7.29. The average Bonchev–Trinajstić information content (AvgIpc) is 2.25. The van der Waals surface area contributed by atoms with Gasteiger partial charge in [0.2, 0.25) is 0 Å². The second kappa shape index (κ2) is 5.01. The Morgan fingerprint density at radius 1 is 1.44 bits per heavy atom. The quantitative estimate of drug-likeness (QED) is 0.645. The Morgan fingerprint density at radius 3 is 2.62 bits per heavy atom. The summed E-state index contributed by atoms with van der Waals surface area (Å²) in [6.07, 6.45) is -1.25. The highest BCUT2D eigenvalue weighted by Gasteiger charge is 2.29. The fraction of sp³-hybridized carbons (Fsp3) is 0.909. The van der Waals surface area contributed by atoms with E-state index in [1.165, 1.54) is 4.90 Å². The summed E-state index contributed by atoms with van der Waals surface area (Å²) in [5, 5.41) is 12.9. The summed E-state index contributed by atoms with van der Waals surface area (Å²) >= 11 is 0. The third-order valence-electron chi connectivity index (χ3n) is 2.32. The van der Waals surface area contributed by atoms with Crippen LogP contribution in [0.25, 0.3) is 0 Å². The Hall–Kier alpha value is -0.810. The van der Waals surface area contributed by atoms with Gasteiger partial charge in [0.25, 0.3) is 0 Å². The molecule has 0 saturated carbocycles. The van der Waals surface area contributed by atoms with Gasteiger partial charge in [-0.2, -0.15) is 0 Å². The van der Waals surface area contributed by atoms with Gasteiger partial charge >= 0.3 is 6.09 Å². The first-order valence-electron chi connectivity index (χ1n) is 5.68. The minimum absolute atomic E-state index is 0.310. The Balaban J connectivity index is 2.64. The maximum absolute atomic E-state index is 11.8. The van der Waals surface area contributed by atoms with E-state index in [1.54, 1.807) is 0 Å². The van der Waals surface area contributed by atoms with Gasteiger partial charge < -0.3 is 15.2 Å². The predicted molar refractivity (Wildman–Crippen MR) is 61.0 cm³/mol. The van der Waals surface area contributed by atoms with Crippen LogP contribution in [0, 0.1) is 5.92 Å². The van der Waals surface area contributed by atoms with E-state index in [9.17, 15) is 9.90 Å². The number of rotatable bonds is 0. The third-order valence-corrected chi connectivity index (χ3v) is 2.32. The van der Waals surface area contributed by atoms with E-state index in [4.69, 9.17) is 4.74 Å². The molecule has 2 N–H and O–H groups in total. The van der Waals surface area contributed by atoms with E-state index in [0.29, 0.717) is 19.0 Å². The van der Waals surface area contributed by atoms with Crippen molar-refractivity contribution < 1.29 is 14.6 Å². The van der Waals surface area contributed by atoms with Crippen molar-refractivity contribution in [2.24, 2.45) is 5.92 Å². The lowest BCUT2D eigenvalue weighted by Gasteiger charge is -2.30. The molecule has 1 aliphatic heterocycles. The molecule has 0 aromatic heterocycles.